The molecule has 0 aliphatic rings. The normalized spacial score (nSPS) is 12.3. The fraction of sp³-hybridized carbons (Fsp3) is 0.294. The second kappa shape index (κ2) is 7.65. The molecule has 0 bridgehead atoms. The van der Waals surface area contributed by atoms with Crippen molar-refractivity contribution >= 4 is 22.6 Å². The van der Waals surface area contributed by atoms with Gasteiger partial charge >= 0.3 is 0 Å². The van der Waals surface area contributed by atoms with Gasteiger partial charge in [0.25, 0.3) is 0 Å². The summed E-state index contributed by atoms with van der Waals surface area (Å²) >= 11 is 2.33. The number of hydrogen-bond donors (Lipinski definition) is 1. The molecule has 0 aliphatic carbocycles. The van der Waals surface area contributed by atoms with Gasteiger partial charge in [0, 0.05) is 9.61 Å². The quantitative estimate of drug-likeness (QED) is 0.764. The van der Waals surface area contributed by atoms with E-state index in [2.05, 4.69) is 77.2 Å². The highest BCUT2D eigenvalue weighted by Gasteiger charge is 2.04. The van der Waals surface area contributed by atoms with E-state index in [4.69, 9.17) is 5.73 Å². The van der Waals surface area contributed by atoms with Crippen LogP contribution in [0.15, 0.2) is 54.6 Å². The van der Waals surface area contributed by atoms with E-state index < -0.39 is 0 Å². The lowest BCUT2D eigenvalue weighted by Gasteiger charge is -2.11. The molecule has 2 aromatic rings. The minimum atomic E-state index is 0.267. The van der Waals surface area contributed by atoms with Crippen LogP contribution in [-0.4, -0.2) is 6.04 Å². The maximum atomic E-state index is 6.21. The standard InChI is InChI=1S/C17H20IN/c18-16-11-9-15(10-12-16)13-17(19)8-4-7-14-5-2-1-3-6-14/h1-3,5-6,9-12,17H,4,7-8,13,19H2. The summed E-state index contributed by atoms with van der Waals surface area (Å²) < 4.78 is 1.28. The summed E-state index contributed by atoms with van der Waals surface area (Å²) in [7, 11) is 0. The van der Waals surface area contributed by atoms with Gasteiger partial charge in [-0.2, -0.15) is 0 Å². The fourth-order valence-corrected chi connectivity index (χ4v) is 2.60. The zero-order valence-electron chi connectivity index (χ0n) is 11.1. The summed E-state index contributed by atoms with van der Waals surface area (Å²) in [5, 5.41) is 0. The van der Waals surface area contributed by atoms with Crippen LogP contribution in [0, 0.1) is 3.57 Å². The molecule has 0 saturated carbocycles. The number of aryl methyl sites for hydroxylation is 1. The fourth-order valence-electron chi connectivity index (χ4n) is 2.24. The lowest BCUT2D eigenvalue weighted by Crippen LogP contribution is -2.22. The van der Waals surface area contributed by atoms with Crippen LogP contribution >= 0.6 is 22.6 Å². The van der Waals surface area contributed by atoms with Crippen molar-refractivity contribution in [2.75, 3.05) is 0 Å². The zero-order chi connectivity index (χ0) is 13.5. The molecule has 0 aliphatic heterocycles. The molecule has 0 amide bonds. The molecule has 2 aromatic carbocycles. The Balaban J connectivity index is 1.73. The molecule has 0 spiro atoms. The number of rotatable bonds is 6. The summed E-state index contributed by atoms with van der Waals surface area (Å²) in [5.41, 5.74) is 8.95. The molecule has 1 nitrogen and oxygen atoms in total. The third-order valence-corrected chi connectivity index (χ3v) is 4.01. The van der Waals surface area contributed by atoms with Gasteiger partial charge in [0.05, 0.1) is 0 Å². The van der Waals surface area contributed by atoms with E-state index in [1.54, 1.807) is 0 Å². The van der Waals surface area contributed by atoms with Gasteiger partial charge in [-0.05, 0) is 71.5 Å². The van der Waals surface area contributed by atoms with Crippen LogP contribution in [0.3, 0.4) is 0 Å². The van der Waals surface area contributed by atoms with Crippen molar-refractivity contribution in [2.45, 2.75) is 31.7 Å². The topological polar surface area (TPSA) is 26.0 Å². The minimum absolute atomic E-state index is 0.267. The predicted molar refractivity (Wildman–Crippen MR) is 90.2 cm³/mol. The first-order valence-corrected chi connectivity index (χ1v) is 7.86. The van der Waals surface area contributed by atoms with Gasteiger partial charge in [-0.1, -0.05) is 42.5 Å². The van der Waals surface area contributed by atoms with E-state index in [1.165, 1.54) is 14.7 Å². The van der Waals surface area contributed by atoms with E-state index in [-0.39, 0.29) is 6.04 Å². The Bertz CT molecular complexity index is 478. The third-order valence-electron chi connectivity index (χ3n) is 3.29. The second-order valence-corrected chi connectivity index (χ2v) is 6.21. The molecular formula is C17H20IN. The zero-order valence-corrected chi connectivity index (χ0v) is 13.2. The summed E-state index contributed by atoms with van der Waals surface area (Å²) in [4.78, 5) is 0. The Labute approximate surface area is 129 Å². The molecule has 19 heavy (non-hydrogen) atoms. The van der Waals surface area contributed by atoms with E-state index in [1.807, 2.05) is 0 Å². The van der Waals surface area contributed by atoms with Crippen LogP contribution in [0.25, 0.3) is 0 Å². The van der Waals surface area contributed by atoms with Gasteiger partial charge in [-0.15, -0.1) is 0 Å². The molecule has 2 rings (SSSR count). The SMILES string of the molecule is NC(CCCc1ccccc1)Cc1ccc(I)cc1. The average molecular weight is 365 g/mol. The van der Waals surface area contributed by atoms with E-state index >= 15 is 0 Å². The summed E-state index contributed by atoms with van der Waals surface area (Å²) in [5.74, 6) is 0. The predicted octanol–water partition coefficient (Wildman–Crippen LogP) is 4.18. The lowest BCUT2D eigenvalue weighted by molar-refractivity contribution is 0.580. The number of nitrogens with two attached hydrogens (primary N) is 1. The van der Waals surface area contributed by atoms with Crippen molar-refractivity contribution in [1.29, 1.82) is 0 Å². The van der Waals surface area contributed by atoms with Crippen LogP contribution in [0.5, 0.6) is 0 Å². The molecule has 2 N–H and O–H groups in total. The second-order valence-electron chi connectivity index (χ2n) is 4.97. The van der Waals surface area contributed by atoms with Gasteiger partial charge in [0.1, 0.15) is 0 Å². The monoisotopic (exact) mass is 365 g/mol. The van der Waals surface area contributed by atoms with Crippen molar-refractivity contribution in [2.24, 2.45) is 5.73 Å². The van der Waals surface area contributed by atoms with Crippen molar-refractivity contribution in [3.8, 4) is 0 Å². The molecular weight excluding hydrogens is 345 g/mol. The van der Waals surface area contributed by atoms with E-state index in [9.17, 15) is 0 Å². The first kappa shape index (κ1) is 14.5. The molecule has 0 aromatic heterocycles. The highest BCUT2D eigenvalue weighted by Crippen LogP contribution is 2.11. The molecule has 0 saturated heterocycles. The molecule has 1 unspecified atom stereocenters. The van der Waals surface area contributed by atoms with Crippen molar-refractivity contribution in [1.82, 2.24) is 0 Å². The van der Waals surface area contributed by atoms with Gasteiger partial charge in [-0.3, -0.25) is 0 Å². The van der Waals surface area contributed by atoms with Crippen molar-refractivity contribution in [3.63, 3.8) is 0 Å². The average Bonchev–Trinajstić information content (AvgIpc) is 2.43. The van der Waals surface area contributed by atoms with Gasteiger partial charge in [0.2, 0.25) is 0 Å². The van der Waals surface area contributed by atoms with Crippen LogP contribution in [0.1, 0.15) is 24.0 Å². The van der Waals surface area contributed by atoms with Crippen LogP contribution in [0.4, 0.5) is 0 Å². The Morgan fingerprint density at radius 3 is 2.26 bits per heavy atom. The molecule has 0 fully saturated rings. The molecule has 0 heterocycles. The first-order valence-electron chi connectivity index (χ1n) is 6.78. The Hall–Kier alpha value is -0.870. The van der Waals surface area contributed by atoms with Crippen LogP contribution < -0.4 is 5.73 Å². The molecule has 2 heteroatoms. The molecule has 100 valence electrons. The highest BCUT2D eigenvalue weighted by atomic mass is 127. The number of halogens is 1. The maximum absolute atomic E-state index is 6.21. The van der Waals surface area contributed by atoms with Gasteiger partial charge in [-0.25, -0.2) is 0 Å². The smallest absolute Gasteiger partial charge is 0.0130 e. The lowest BCUT2D eigenvalue weighted by atomic mass is 10.00. The Morgan fingerprint density at radius 2 is 1.58 bits per heavy atom. The Morgan fingerprint density at radius 1 is 0.895 bits per heavy atom. The summed E-state index contributed by atoms with van der Waals surface area (Å²) in [6, 6.07) is 19.5. The van der Waals surface area contributed by atoms with Crippen LogP contribution in [0.2, 0.25) is 0 Å². The highest BCUT2D eigenvalue weighted by molar-refractivity contribution is 14.1. The number of hydrogen-bond acceptors (Lipinski definition) is 1. The van der Waals surface area contributed by atoms with E-state index in [0.717, 1.165) is 25.7 Å². The summed E-state index contributed by atoms with van der Waals surface area (Å²) in [6.07, 6.45) is 4.35. The summed E-state index contributed by atoms with van der Waals surface area (Å²) in [6.45, 7) is 0. The van der Waals surface area contributed by atoms with Crippen molar-refractivity contribution in [3.05, 3.63) is 69.3 Å². The first-order chi connectivity index (χ1) is 9.24. The van der Waals surface area contributed by atoms with Gasteiger partial charge in [0.15, 0.2) is 0 Å². The van der Waals surface area contributed by atoms with Gasteiger partial charge < -0.3 is 5.73 Å². The molecule has 0 radical (unpaired) electrons. The minimum Gasteiger partial charge on any atom is -0.327 e. The van der Waals surface area contributed by atoms with Crippen LogP contribution in [-0.2, 0) is 12.8 Å². The largest absolute Gasteiger partial charge is 0.327 e. The van der Waals surface area contributed by atoms with Crippen molar-refractivity contribution < 1.29 is 0 Å². The maximum Gasteiger partial charge on any atom is 0.0130 e. The van der Waals surface area contributed by atoms with E-state index in [0.29, 0.717) is 0 Å². The molecule has 1 atom stereocenters. The Kier molecular flexibility index (Phi) is 5.86. The number of benzene rings is 2. The third kappa shape index (κ3) is 5.33.